The molecule has 2 rings (SSSR count). The van der Waals surface area contributed by atoms with Gasteiger partial charge in [-0.15, -0.1) is 0 Å². The van der Waals surface area contributed by atoms with Gasteiger partial charge in [0.25, 0.3) is 0 Å². The highest BCUT2D eigenvalue weighted by molar-refractivity contribution is 6.31. The molecule has 0 aliphatic rings. The van der Waals surface area contributed by atoms with Crippen molar-refractivity contribution in [3.63, 3.8) is 0 Å². The van der Waals surface area contributed by atoms with Gasteiger partial charge in [0.05, 0.1) is 0 Å². The number of aliphatic imine (C=N–C) groups is 4. The van der Waals surface area contributed by atoms with E-state index >= 15 is 0 Å². The van der Waals surface area contributed by atoms with Crippen molar-refractivity contribution < 1.29 is 29.4 Å². The van der Waals surface area contributed by atoms with Crippen LogP contribution in [0.4, 0.5) is 11.4 Å². The van der Waals surface area contributed by atoms with Crippen molar-refractivity contribution in [2.75, 3.05) is 36.8 Å². The van der Waals surface area contributed by atoms with Gasteiger partial charge in [0, 0.05) is 74.3 Å². The minimum atomic E-state index is -0.755. The van der Waals surface area contributed by atoms with Crippen LogP contribution in [-0.4, -0.2) is 84.0 Å². The number of benzene rings is 2. The number of carbonyl (C=O) groups is 4. The highest BCUT2D eigenvalue weighted by Crippen LogP contribution is 2.14. The number of unbranched alkanes of at least 4 members (excludes halogenated alkanes) is 7. The molecule has 14 N–H and O–H groups in total. The first-order valence-electron chi connectivity index (χ1n) is 18.8. The second-order valence-electron chi connectivity index (χ2n) is 12.5. The van der Waals surface area contributed by atoms with Gasteiger partial charge in [-0.25, -0.2) is 0 Å². The second kappa shape index (κ2) is 33.5. The number of amides is 2. The Labute approximate surface area is 350 Å². The lowest BCUT2D eigenvalue weighted by molar-refractivity contribution is -0.138. The van der Waals surface area contributed by atoms with E-state index in [1.54, 1.807) is 48.5 Å². The summed E-state index contributed by atoms with van der Waals surface area (Å²) in [5.74, 6) is -1.01. The number of carboxylic acids is 2. The molecule has 0 fully saturated rings. The summed E-state index contributed by atoms with van der Waals surface area (Å²) in [5.41, 5.74) is 24.8. The van der Waals surface area contributed by atoms with Gasteiger partial charge >= 0.3 is 11.9 Å². The van der Waals surface area contributed by atoms with Crippen LogP contribution >= 0.6 is 23.2 Å². The lowest BCUT2D eigenvalue weighted by atomic mass is 10.2. The van der Waals surface area contributed by atoms with Gasteiger partial charge in [-0.1, -0.05) is 48.9 Å². The molecule has 0 aromatic heterocycles. The fourth-order valence-electron chi connectivity index (χ4n) is 4.38. The number of guanidine groups is 4. The molecule has 0 aliphatic carbocycles. The molecule has 0 spiro atoms. The SMILES string of the molecule is CC(=O)NCCCCCC(=O)O.CC(=O)NCCCCCC(=O)O.NC(=NCCCCCCN=C(N)N=C(N)Nc1ccc(Cl)cc1)N=C(N)Nc1ccc(Cl)cc1. The predicted molar refractivity (Wildman–Crippen MR) is 234 cm³/mol. The first kappa shape index (κ1) is 52.4. The van der Waals surface area contributed by atoms with Crippen LogP contribution in [0.1, 0.15) is 90.9 Å². The number of carboxylic acid groups (broad SMARTS) is 2. The number of hydrogen-bond acceptors (Lipinski definition) is 6. The van der Waals surface area contributed by atoms with Crippen LogP contribution in [0, 0.1) is 0 Å². The van der Waals surface area contributed by atoms with Gasteiger partial charge < -0.3 is 54.4 Å². The number of nitrogens with zero attached hydrogens (tertiary/aromatic N) is 4. The van der Waals surface area contributed by atoms with Gasteiger partial charge in [0.1, 0.15) is 0 Å². The summed E-state index contributed by atoms with van der Waals surface area (Å²) in [7, 11) is 0. The van der Waals surface area contributed by atoms with Crippen molar-refractivity contribution in [2.45, 2.75) is 90.9 Å². The van der Waals surface area contributed by atoms with E-state index in [0.29, 0.717) is 49.1 Å². The van der Waals surface area contributed by atoms with E-state index in [1.165, 1.54) is 13.8 Å². The Morgan fingerprint density at radius 2 is 0.862 bits per heavy atom. The zero-order chi connectivity index (χ0) is 43.6. The van der Waals surface area contributed by atoms with Crippen molar-refractivity contribution >= 4 is 82.2 Å². The Morgan fingerprint density at radius 1 is 0.534 bits per heavy atom. The Hall–Kier alpha value is -5.62. The summed E-state index contributed by atoms with van der Waals surface area (Å²) < 4.78 is 0. The fraction of sp³-hybridized carbons (Fsp3) is 0.474. The summed E-state index contributed by atoms with van der Waals surface area (Å²) in [5, 5.41) is 29.0. The van der Waals surface area contributed by atoms with Crippen LogP contribution in [0.25, 0.3) is 0 Å². The average molecular weight is 852 g/mol. The molecule has 20 heteroatoms. The quantitative estimate of drug-likeness (QED) is 0.0457. The molecule has 0 atom stereocenters. The Balaban J connectivity index is 0.00000110. The van der Waals surface area contributed by atoms with Gasteiger partial charge in [0.15, 0.2) is 0 Å². The fourth-order valence-corrected chi connectivity index (χ4v) is 4.64. The number of nitrogens with two attached hydrogens (primary N) is 4. The van der Waals surface area contributed by atoms with E-state index in [4.69, 9.17) is 56.3 Å². The largest absolute Gasteiger partial charge is 0.481 e. The van der Waals surface area contributed by atoms with E-state index < -0.39 is 11.9 Å². The van der Waals surface area contributed by atoms with E-state index in [2.05, 4.69) is 41.2 Å². The van der Waals surface area contributed by atoms with Gasteiger partial charge in [-0.3, -0.25) is 29.2 Å². The summed E-state index contributed by atoms with van der Waals surface area (Å²) >= 11 is 11.7. The molecule has 0 bridgehead atoms. The number of hydrogen-bond donors (Lipinski definition) is 10. The molecule has 0 saturated heterocycles. The smallest absolute Gasteiger partial charge is 0.303 e. The number of halogens is 2. The third-order valence-corrected chi connectivity index (χ3v) is 7.70. The average Bonchev–Trinajstić information content (AvgIpc) is 3.14. The molecule has 0 aliphatic heterocycles. The molecule has 2 aromatic rings. The van der Waals surface area contributed by atoms with Crippen LogP contribution in [0.5, 0.6) is 0 Å². The number of rotatable bonds is 21. The topological polar surface area (TPSA) is 310 Å². The molecule has 0 unspecified atom stereocenters. The summed E-state index contributed by atoms with van der Waals surface area (Å²) in [4.78, 5) is 57.4. The summed E-state index contributed by atoms with van der Waals surface area (Å²) in [6.45, 7) is 5.36. The first-order chi connectivity index (χ1) is 27.6. The standard InChI is InChI=1S/C22H30Cl2N10.2C8H15NO3/c23-15-5-9-17(10-6-15)31-21(27)33-19(25)29-13-3-1-2-4-14-30-20(26)34-22(28)32-18-11-7-16(24)8-12-18;2*1-7(10)9-6-4-2-3-5-8(11)12/h5-12H,1-4,13-14H2,(H5,25,27,29,31,33)(H5,26,28,30,32,34);2*2-6H2,1H3,(H,9,10)(H,11,12). The van der Waals surface area contributed by atoms with Gasteiger partial charge in [-0.2, -0.15) is 9.98 Å². The van der Waals surface area contributed by atoms with Crippen molar-refractivity contribution in [3.8, 4) is 0 Å². The number of carbonyl (C=O) groups excluding carboxylic acids is 2. The molecule has 322 valence electrons. The van der Waals surface area contributed by atoms with Crippen molar-refractivity contribution in [2.24, 2.45) is 42.9 Å². The van der Waals surface area contributed by atoms with Gasteiger partial charge in [0.2, 0.25) is 35.7 Å². The maximum Gasteiger partial charge on any atom is 0.303 e. The highest BCUT2D eigenvalue weighted by Gasteiger charge is 2.00. The van der Waals surface area contributed by atoms with Gasteiger partial charge in [-0.05, 0) is 87.1 Å². The van der Waals surface area contributed by atoms with Crippen LogP contribution in [0.2, 0.25) is 10.0 Å². The molecular formula is C38H60Cl2N12O6. The maximum atomic E-state index is 10.4. The second-order valence-corrected chi connectivity index (χ2v) is 13.4. The molecule has 0 heterocycles. The highest BCUT2D eigenvalue weighted by atomic mass is 35.5. The molecule has 58 heavy (non-hydrogen) atoms. The Bertz CT molecular complexity index is 1470. The first-order valence-corrected chi connectivity index (χ1v) is 19.6. The number of aliphatic carboxylic acids is 2. The van der Waals surface area contributed by atoms with Crippen molar-refractivity contribution in [1.82, 2.24) is 10.6 Å². The van der Waals surface area contributed by atoms with Crippen LogP contribution < -0.4 is 44.2 Å². The zero-order valence-electron chi connectivity index (χ0n) is 33.3. The third-order valence-electron chi connectivity index (χ3n) is 7.20. The number of nitrogens with one attached hydrogen (secondary N) is 4. The predicted octanol–water partition coefficient (Wildman–Crippen LogP) is 4.87. The molecule has 2 amide bonds. The molecule has 18 nitrogen and oxygen atoms in total. The molecule has 0 saturated carbocycles. The molecular weight excluding hydrogens is 791 g/mol. The maximum absolute atomic E-state index is 10.4. The van der Waals surface area contributed by atoms with Crippen LogP contribution in [0.3, 0.4) is 0 Å². The van der Waals surface area contributed by atoms with Crippen molar-refractivity contribution in [3.05, 3.63) is 58.6 Å². The lowest BCUT2D eigenvalue weighted by Crippen LogP contribution is -2.26. The third kappa shape index (κ3) is 34.8. The number of anilines is 2. The lowest BCUT2D eigenvalue weighted by Gasteiger charge is -2.05. The molecule has 0 radical (unpaired) electrons. The Kier molecular flexibility index (Phi) is 30.3. The molecule has 2 aromatic carbocycles. The van der Waals surface area contributed by atoms with Crippen LogP contribution in [0.15, 0.2) is 68.5 Å². The monoisotopic (exact) mass is 850 g/mol. The van der Waals surface area contributed by atoms with E-state index in [-0.39, 0.29) is 48.5 Å². The van der Waals surface area contributed by atoms with Crippen molar-refractivity contribution in [1.29, 1.82) is 0 Å². The summed E-state index contributed by atoms with van der Waals surface area (Å²) in [6, 6.07) is 14.1. The minimum absolute atomic E-state index is 0.0340. The minimum Gasteiger partial charge on any atom is -0.481 e. The van der Waals surface area contributed by atoms with E-state index in [9.17, 15) is 19.2 Å². The van der Waals surface area contributed by atoms with E-state index in [0.717, 1.165) is 62.7 Å². The Morgan fingerprint density at radius 3 is 1.17 bits per heavy atom. The summed E-state index contributed by atoms with van der Waals surface area (Å²) in [6.07, 6.45) is 8.92. The van der Waals surface area contributed by atoms with E-state index in [1.807, 2.05) is 0 Å². The zero-order valence-corrected chi connectivity index (χ0v) is 34.8. The van der Waals surface area contributed by atoms with Crippen LogP contribution in [-0.2, 0) is 19.2 Å². The normalized spacial score (nSPS) is 11.6.